The van der Waals surface area contributed by atoms with Crippen LogP contribution in [0.1, 0.15) is 94.0 Å². The second-order valence-corrected chi connectivity index (χ2v) is 16.4. The largest absolute Gasteiger partial charge is 0.465 e. The van der Waals surface area contributed by atoms with Crippen molar-refractivity contribution in [3.05, 3.63) is 70.8 Å². The van der Waals surface area contributed by atoms with Crippen LogP contribution in [0.15, 0.2) is 59.7 Å². The second kappa shape index (κ2) is 11.6. The van der Waals surface area contributed by atoms with Crippen molar-refractivity contribution in [2.24, 2.45) is 22.7 Å². The van der Waals surface area contributed by atoms with E-state index in [9.17, 15) is 28.2 Å². The monoisotopic (exact) mass is 704 g/mol. The van der Waals surface area contributed by atoms with Crippen LogP contribution in [0.4, 0.5) is 22.0 Å². The minimum absolute atomic E-state index is 0.0198. The molecule has 0 radical (unpaired) electrons. The molecule has 1 saturated heterocycles. The summed E-state index contributed by atoms with van der Waals surface area (Å²) < 4.78 is 90.4. The van der Waals surface area contributed by atoms with Gasteiger partial charge in [-0.1, -0.05) is 62.7 Å². The number of alkyl halides is 5. The number of benzene rings is 2. The normalized spacial score (nSPS) is 34.9. The maximum absolute atomic E-state index is 15.4. The first-order valence-corrected chi connectivity index (χ1v) is 17.5. The topological polar surface area (TPSA) is 85.2 Å². The first-order chi connectivity index (χ1) is 23.3. The van der Waals surface area contributed by atoms with Gasteiger partial charge in [-0.25, -0.2) is 4.79 Å². The quantitative estimate of drug-likeness (QED) is 0.189. The average Bonchev–Trinajstić information content (AvgIpc) is 3.35. The molecule has 0 amide bonds. The molecule has 1 heterocycles. The van der Waals surface area contributed by atoms with E-state index >= 15 is 8.78 Å². The number of halogens is 5. The Morgan fingerprint density at radius 2 is 1.58 bits per heavy atom. The molecule has 3 saturated carbocycles. The highest BCUT2D eigenvalue weighted by molar-refractivity contribution is 5.91. The van der Waals surface area contributed by atoms with Gasteiger partial charge in [0.05, 0.1) is 31.5 Å². The van der Waals surface area contributed by atoms with Crippen molar-refractivity contribution >= 4 is 5.97 Å². The lowest BCUT2D eigenvalue weighted by Crippen LogP contribution is -2.65. The van der Waals surface area contributed by atoms with Crippen LogP contribution in [0.5, 0.6) is 0 Å². The Hall–Kier alpha value is -2.86. The summed E-state index contributed by atoms with van der Waals surface area (Å²) in [5.74, 6) is -8.42. The summed E-state index contributed by atoms with van der Waals surface area (Å²) >= 11 is 0. The van der Waals surface area contributed by atoms with E-state index in [4.69, 9.17) is 14.2 Å². The van der Waals surface area contributed by atoms with Crippen LogP contribution in [-0.4, -0.2) is 65.6 Å². The van der Waals surface area contributed by atoms with E-state index in [1.54, 1.807) is 18.2 Å². The number of aliphatic hydroxyl groups is 2. The second-order valence-electron chi connectivity index (χ2n) is 16.4. The number of esters is 1. The molecular weight excluding hydrogens is 659 g/mol. The summed E-state index contributed by atoms with van der Waals surface area (Å²) in [5, 5.41) is 24.0. The fraction of sp³-hybridized carbons (Fsp3) is 0.615. The van der Waals surface area contributed by atoms with E-state index in [2.05, 4.69) is 0 Å². The molecule has 272 valence electrons. The van der Waals surface area contributed by atoms with E-state index in [1.165, 1.54) is 14.0 Å². The minimum Gasteiger partial charge on any atom is -0.465 e. The average molecular weight is 705 g/mol. The molecule has 0 aromatic heterocycles. The zero-order valence-corrected chi connectivity index (χ0v) is 28.8. The third kappa shape index (κ3) is 5.27. The Labute approximate surface area is 289 Å². The first-order valence-electron chi connectivity index (χ1n) is 17.5. The fourth-order valence-electron chi connectivity index (χ4n) is 10.2. The number of allylic oxidation sites excluding steroid dienone is 1. The van der Waals surface area contributed by atoms with Gasteiger partial charge < -0.3 is 24.4 Å². The van der Waals surface area contributed by atoms with Crippen LogP contribution >= 0.6 is 0 Å². The van der Waals surface area contributed by atoms with Gasteiger partial charge in [0, 0.05) is 29.6 Å². The van der Waals surface area contributed by atoms with Crippen LogP contribution in [0.3, 0.4) is 0 Å². The zero-order chi connectivity index (χ0) is 36.1. The van der Waals surface area contributed by atoms with Crippen molar-refractivity contribution < 1.29 is 51.2 Å². The van der Waals surface area contributed by atoms with Crippen LogP contribution in [0.2, 0.25) is 0 Å². The standard InChI is InChI=1S/C39H45F5O6/c1-33(2)21-49-36(50-22-33)16-13-30-31-27(12-15-35(30,46)20-36)29-14-17-37(47,38(40,41)39(42,43)44)34(29,3)19-28(31)24-10-8-23(9-11-24)25-6-5-7-26(18-25)32(45)48-4/h5-11,18,27-29,46-47H,12-17,19-22H2,1-4H3/t27?,28-,29?,34+,35?,37+/m1/s1. The Bertz CT molecular complexity index is 1690. The van der Waals surface area contributed by atoms with Crippen LogP contribution in [-0.2, 0) is 14.2 Å². The number of rotatable bonds is 4. The third-order valence-electron chi connectivity index (χ3n) is 12.8. The minimum atomic E-state index is -5.92. The maximum Gasteiger partial charge on any atom is 0.456 e. The third-order valence-corrected chi connectivity index (χ3v) is 12.8. The number of ether oxygens (including phenoxy) is 3. The molecule has 1 spiro atoms. The molecule has 2 aromatic rings. The molecule has 2 N–H and O–H groups in total. The molecule has 6 atom stereocenters. The van der Waals surface area contributed by atoms with Gasteiger partial charge >= 0.3 is 18.1 Å². The molecule has 4 aliphatic carbocycles. The van der Waals surface area contributed by atoms with Gasteiger partial charge in [-0.05, 0) is 84.8 Å². The van der Waals surface area contributed by atoms with Crippen molar-refractivity contribution in [3.63, 3.8) is 0 Å². The molecule has 7 rings (SSSR count). The summed E-state index contributed by atoms with van der Waals surface area (Å²) in [5.41, 5.74) is -2.27. The lowest BCUT2D eigenvalue weighted by molar-refractivity contribution is -0.362. The highest BCUT2D eigenvalue weighted by Gasteiger charge is 2.79. The number of carbonyl (C=O) groups is 1. The van der Waals surface area contributed by atoms with Crippen molar-refractivity contribution in [2.75, 3.05) is 20.3 Å². The molecule has 11 heteroatoms. The number of hydrogen-bond donors (Lipinski definition) is 2. The highest BCUT2D eigenvalue weighted by atomic mass is 19.4. The van der Waals surface area contributed by atoms with Crippen molar-refractivity contribution in [2.45, 2.75) is 107 Å². The summed E-state index contributed by atoms with van der Waals surface area (Å²) in [7, 11) is 1.30. The Morgan fingerprint density at radius 3 is 2.22 bits per heavy atom. The number of hydrogen-bond acceptors (Lipinski definition) is 6. The van der Waals surface area contributed by atoms with E-state index in [0.717, 1.165) is 22.3 Å². The van der Waals surface area contributed by atoms with Gasteiger partial charge in [0.1, 0.15) is 5.60 Å². The summed E-state index contributed by atoms with van der Waals surface area (Å²) in [4.78, 5) is 12.2. The maximum atomic E-state index is 15.4. The first kappa shape index (κ1) is 35.5. The van der Waals surface area contributed by atoms with Gasteiger partial charge in [-0.2, -0.15) is 22.0 Å². The van der Waals surface area contributed by atoms with Crippen molar-refractivity contribution in [1.29, 1.82) is 0 Å². The lowest BCUT2D eigenvalue weighted by Gasteiger charge is -2.59. The van der Waals surface area contributed by atoms with Gasteiger partial charge in [0.2, 0.25) is 0 Å². The predicted octanol–water partition coefficient (Wildman–Crippen LogP) is 8.36. The smallest absolute Gasteiger partial charge is 0.456 e. The van der Waals surface area contributed by atoms with Gasteiger partial charge in [0.25, 0.3) is 0 Å². The van der Waals surface area contributed by atoms with Crippen LogP contribution < -0.4 is 0 Å². The summed E-state index contributed by atoms with van der Waals surface area (Å²) in [6.45, 7) is 6.45. The van der Waals surface area contributed by atoms with Crippen LogP contribution in [0, 0.1) is 22.7 Å². The van der Waals surface area contributed by atoms with Gasteiger partial charge in [-0.15, -0.1) is 0 Å². The van der Waals surface area contributed by atoms with Crippen molar-refractivity contribution in [3.8, 4) is 11.1 Å². The molecule has 6 nitrogen and oxygen atoms in total. The van der Waals surface area contributed by atoms with E-state index in [-0.39, 0.29) is 31.1 Å². The van der Waals surface area contributed by atoms with Gasteiger partial charge in [0.15, 0.2) is 5.79 Å². The molecule has 50 heavy (non-hydrogen) atoms. The fourth-order valence-corrected chi connectivity index (χ4v) is 10.2. The SMILES string of the molecule is COC(=O)c1cccc(-c2ccc([C@H]3C[C@@]4(C)C(CC[C@@]4(O)C(F)(F)C(F)(F)F)C4CCC5(O)CC6(CCC5=C43)OCC(C)(C)CO6)cc2)c1. The van der Waals surface area contributed by atoms with Crippen molar-refractivity contribution in [1.82, 2.24) is 0 Å². The molecule has 0 bridgehead atoms. The zero-order valence-electron chi connectivity index (χ0n) is 28.8. The van der Waals surface area contributed by atoms with Crippen LogP contribution in [0.25, 0.3) is 11.1 Å². The molecular formula is C39H45F5O6. The van der Waals surface area contributed by atoms with E-state index < -0.39 is 64.6 Å². The van der Waals surface area contributed by atoms with E-state index in [0.29, 0.717) is 43.6 Å². The summed E-state index contributed by atoms with van der Waals surface area (Å²) in [6, 6.07) is 14.2. The van der Waals surface area contributed by atoms with E-state index in [1.807, 2.05) is 44.2 Å². The predicted molar refractivity (Wildman–Crippen MR) is 174 cm³/mol. The highest BCUT2D eigenvalue weighted by Crippen LogP contribution is 2.71. The lowest BCUT2D eigenvalue weighted by atomic mass is 9.49. The molecule has 1 aliphatic heterocycles. The molecule has 3 unspecified atom stereocenters. The molecule has 5 aliphatic rings. The molecule has 4 fully saturated rings. The number of carbonyl (C=O) groups excluding carboxylic acids is 1. The number of fused-ring (bicyclic) bond motifs is 4. The molecule has 2 aromatic carbocycles. The Morgan fingerprint density at radius 1 is 0.900 bits per heavy atom. The number of methoxy groups -OCH3 is 1. The summed E-state index contributed by atoms with van der Waals surface area (Å²) in [6.07, 6.45) is -4.93. The Balaban J connectivity index is 1.32. The Kier molecular flexibility index (Phi) is 8.22. The van der Waals surface area contributed by atoms with Gasteiger partial charge in [-0.3, -0.25) is 0 Å².